The van der Waals surface area contributed by atoms with Crippen LogP contribution >= 0.6 is 0 Å². The number of carbonyl (C=O) groups excluding carboxylic acids is 1. The van der Waals surface area contributed by atoms with E-state index in [2.05, 4.69) is 0 Å². The molecule has 0 aliphatic rings. The Kier molecular flexibility index (Phi) is 4.17. The molecule has 0 radical (unpaired) electrons. The van der Waals surface area contributed by atoms with Crippen molar-refractivity contribution in [3.05, 3.63) is 60.4 Å². The van der Waals surface area contributed by atoms with Crippen molar-refractivity contribution in [2.45, 2.75) is 0 Å². The summed E-state index contributed by atoms with van der Waals surface area (Å²) in [6, 6.07) is 12.9. The maximum atomic E-state index is 11.0. The van der Waals surface area contributed by atoms with Crippen LogP contribution in [-0.4, -0.2) is 17.0 Å². The maximum absolute atomic E-state index is 11.0. The molecule has 5 nitrogen and oxygen atoms in total. The molecule has 0 saturated carbocycles. The van der Waals surface area contributed by atoms with Crippen LogP contribution in [0.15, 0.2) is 54.8 Å². The fourth-order valence-electron chi connectivity index (χ4n) is 1.52. The molecule has 0 bridgehead atoms. The second kappa shape index (κ2) is 6.22. The third-order valence-corrected chi connectivity index (χ3v) is 2.40. The fourth-order valence-corrected chi connectivity index (χ4v) is 1.52. The van der Waals surface area contributed by atoms with E-state index < -0.39 is 5.97 Å². The molecule has 0 unspecified atom stereocenters. The molecule has 20 heavy (non-hydrogen) atoms. The molecule has 100 valence electrons. The first-order valence-corrected chi connectivity index (χ1v) is 5.67. The van der Waals surface area contributed by atoms with Gasteiger partial charge < -0.3 is 14.6 Å². The lowest BCUT2D eigenvalue weighted by Crippen LogP contribution is -1.98. The Labute approximate surface area is 114 Å². The van der Waals surface area contributed by atoms with Crippen molar-refractivity contribution in [3.63, 3.8) is 0 Å². The van der Waals surface area contributed by atoms with Gasteiger partial charge in [-0.3, -0.25) is 0 Å². The van der Waals surface area contributed by atoms with Gasteiger partial charge in [0.25, 0.3) is 0 Å². The molecule has 0 amide bonds. The number of benzene rings is 2. The van der Waals surface area contributed by atoms with Gasteiger partial charge in [0, 0.05) is 0 Å². The highest BCUT2D eigenvalue weighted by Gasteiger charge is 2.11. The Morgan fingerprint density at radius 3 is 2.50 bits per heavy atom. The normalized spacial score (nSPS) is 9.40. The van der Waals surface area contributed by atoms with E-state index in [1.54, 1.807) is 24.3 Å². The maximum Gasteiger partial charge on any atom is 0.335 e. The predicted octanol–water partition coefficient (Wildman–Crippen LogP) is 2.90. The van der Waals surface area contributed by atoms with E-state index in [4.69, 9.17) is 14.6 Å². The average molecular weight is 270 g/mol. The highest BCUT2D eigenvalue weighted by atomic mass is 16.5. The number of hydrogen-bond donors (Lipinski definition) is 1. The molecule has 2 aromatic rings. The summed E-state index contributed by atoms with van der Waals surface area (Å²) < 4.78 is 10.6. The predicted molar refractivity (Wildman–Crippen MR) is 70.8 cm³/mol. The van der Waals surface area contributed by atoms with Crippen LogP contribution in [0.3, 0.4) is 0 Å². The zero-order valence-corrected chi connectivity index (χ0v) is 10.3. The van der Waals surface area contributed by atoms with Crippen LogP contribution < -0.4 is 9.47 Å². The molecule has 2 aromatic carbocycles. The molecule has 5 heteroatoms. The minimum atomic E-state index is -1.08. The number of aromatic carboxylic acids is 1. The van der Waals surface area contributed by atoms with Crippen LogP contribution in [0.5, 0.6) is 17.2 Å². The van der Waals surface area contributed by atoms with Crippen molar-refractivity contribution in [3.8, 4) is 17.2 Å². The lowest BCUT2D eigenvalue weighted by Gasteiger charge is -2.10. The summed E-state index contributed by atoms with van der Waals surface area (Å²) in [5.74, 6) is 1.34. The van der Waals surface area contributed by atoms with Crippen molar-refractivity contribution in [2.24, 2.45) is 0 Å². The van der Waals surface area contributed by atoms with E-state index >= 15 is 0 Å². The zero-order valence-electron chi connectivity index (χ0n) is 10.3. The van der Waals surface area contributed by atoms with Crippen LogP contribution in [0.25, 0.3) is 0 Å². The van der Waals surface area contributed by atoms with Crippen molar-refractivity contribution < 1.29 is 24.2 Å². The summed E-state index contributed by atoms with van der Waals surface area (Å²) in [6.45, 7) is 0. The summed E-state index contributed by atoms with van der Waals surface area (Å²) in [4.78, 5) is 21.1. The number of para-hydroxylation sites is 1. The molecule has 0 heterocycles. The Morgan fingerprint density at radius 1 is 1.10 bits per heavy atom. The van der Waals surface area contributed by atoms with Crippen LogP contribution in [0, 0.1) is 0 Å². The summed E-state index contributed by atoms with van der Waals surface area (Å²) in [7, 11) is 0. The Balaban J connectivity index is 2.38. The number of carbonyl (C=O) groups is 1. The summed E-state index contributed by atoms with van der Waals surface area (Å²) >= 11 is 0. The van der Waals surface area contributed by atoms with Gasteiger partial charge in [-0.15, -0.1) is 0 Å². The molecule has 0 fully saturated rings. The third kappa shape index (κ3) is 3.25. The van der Waals surface area contributed by atoms with Crippen molar-refractivity contribution in [1.29, 1.82) is 0 Å². The van der Waals surface area contributed by atoms with Crippen LogP contribution in [0.4, 0.5) is 0 Å². The van der Waals surface area contributed by atoms with Gasteiger partial charge in [-0.1, -0.05) is 18.2 Å². The van der Waals surface area contributed by atoms with E-state index in [1.165, 1.54) is 24.1 Å². The van der Waals surface area contributed by atoms with Crippen LogP contribution in [0.2, 0.25) is 0 Å². The Morgan fingerprint density at radius 2 is 1.85 bits per heavy atom. The molecule has 0 aliphatic carbocycles. The van der Waals surface area contributed by atoms with Crippen molar-refractivity contribution >= 4 is 11.9 Å². The molecule has 0 aromatic heterocycles. The minimum absolute atomic E-state index is 0.0540. The van der Waals surface area contributed by atoms with Crippen LogP contribution in [-0.2, 0) is 4.79 Å². The Hall–Kier alpha value is -3.04. The van der Waals surface area contributed by atoms with Crippen molar-refractivity contribution in [1.82, 2.24) is 0 Å². The van der Waals surface area contributed by atoms with Gasteiger partial charge in [-0.25, -0.2) is 9.59 Å². The minimum Gasteiger partial charge on any atom is -0.478 e. The Bertz CT molecular complexity index is 657. The zero-order chi connectivity index (χ0) is 14.4. The van der Waals surface area contributed by atoms with Gasteiger partial charge in [-0.05, 0) is 30.3 Å². The number of hydrogen-bond acceptors (Lipinski definition) is 4. The first-order valence-electron chi connectivity index (χ1n) is 5.67. The smallest absolute Gasteiger partial charge is 0.335 e. The largest absolute Gasteiger partial charge is 0.478 e. The van der Waals surface area contributed by atoms with E-state index in [-0.39, 0.29) is 17.1 Å². The molecule has 0 atom stereocenters. The quantitative estimate of drug-likeness (QED) is 0.668. The highest BCUT2D eigenvalue weighted by Crippen LogP contribution is 2.32. The summed E-state index contributed by atoms with van der Waals surface area (Å²) in [6.07, 6.45) is 0.827. The second-order valence-electron chi connectivity index (χ2n) is 3.74. The first kappa shape index (κ1) is 13.4. The number of carboxylic acids is 1. The summed E-state index contributed by atoms with van der Waals surface area (Å²) in [5.41, 5.74) is 0.0540. The molecule has 0 spiro atoms. The molecular weight excluding hydrogens is 260 g/mol. The van der Waals surface area contributed by atoms with E-state index in [0.29, 0.717) is 5.75 Å². The van der Waals surface area contributed by atoms with Gasteiger partial charge in [0.2, 0.25) is 0 Å². The van der Waals surface area contributed by atoms with E-state index in [0.717, 1.165) is 6.26 Å². The standard InChI is InChI=1S/C15H10O5/c16-8-9-19-13-7-6-11(15(17)18)10-14(13)20-12-4-2-1-3-5-12/h1-7,9-10H,(H,17,18). The summed E-state index contributed by atoms with van der Waals surface area (Å²) in [5, 5.41) is 8.98. The number of ether oxygens (including phenoxy) is 2. The number of carboxylic acid groups (broad SMARTS) is 1. The number of rotatable bonds is 5. The SMILES string of the molecule is O=C=COc1ccc(C(=O)O)cc1Oc1ccccc1. The van der Waals surface area contributed by atoms with Crippen molar-refractivity contribution in [2.75, 3.05) is 0 Å². The third-order valence-electron chi connectivity index (χ3n) is 2.40. The molecule has 2 rings (SSSR count). The van der Waals surface area contributed by atoms with E-state index in [9.17, 15) is 9.59 Å². The molecule has 0 saturated heterocycles. The lowest BCUT2D eigenvalue weighted by atomic mass is 10.2. The molecule has 1 N–H and O–H groups in total. The van der Waals surface area contributed by atoms with Gasteiger partial charge in [-0.2, -0.15) is 0 Å². The van der Waals surface area contributed by atoms with Gasteiger partial charge in [0.15, 0.2) is 23.7 Å². The second-order valence-corrected chi connectivity index (χ2v) is 3.74. The van der Waals surface area contributed by atoms with Gasteiger partial charge in [0.1, 0.15) is 5.75 Å². The molecular formula is C15H10O5. The highest BCUT2D eigenvalue weighted by molar-refractivity contribution is 5.88. The van der Waals surface area contributed by atoms with E-state index in [1.807, 2.05) is 6.07 Å². The average Bonchev–Trinajstić information content (AvgIpc) is 2.47. The monoisotopic (exact) mass is 270 g/mol. The first-order chi connectivity index (χ1) is 9.70. The topological polar surface area (TPSA) is 72.8 Å². The molecule has 0 aliphatic heterocycles. The van der Waals surface area contributed by atoms with Gasteiger partial charge in [0.05, 0.1) is 5.56 Å². The van der Waals surface area contributed by atoms with Gasteiger partial charge >= 0.3 is 5.97 Å². The lowest BCUT2D eigenvalue weighted by molar-refractivity contribution is 0.0696. The van der Waals surface area contributed by atoms with Crippen LogP contribution in [0.1, 0.15) is 10.4 Å². The fraction of sp³-hybridized carbons (Fsp3) is 0.